The summed E-state index contributed by atoms with van der Waals surface area (Å²) in [5.74, 6) is 1.25. The van der Waals surface area contributed by atoms with Crippen LogP contribution in [0.2, 0.25) is 5.15 Å². The lowest BCUT2D eigenvalue weighted by molar-refractivity contribution is 0.363. The molecule has 0 bridgehead atoms. The van der Waals surface area contributed by atoms with Crippen LogP contribution < -0.4 is 5.32 Å². The molecular formula is C13H24ClN3. The lowest BCUT2D eigenvalue weighted by Crippen LogP contribution is -2.27. The fourth-order valence-electron chi connectivity index (χ4n) is 2.04. The van der Waals surface area contributed by atoms with E-state index >= 15 is 0 Å². The van der Waals surface area contributed by atoms with Gasteiger partial charge in [-0.15, -0.1) is 0 Å². The summed E-state index contributed by atoms with van der Waals surface area (Å²) in [6.45, 7) is 10.8. The third-order valence-corrected chi connectivity index (χ3v) is 3.81. The summed E-state index contributed by atoms with van der Waals surface area (Å²) in [5.41, 5.74) is 2.26. The predicted molar refractivity (Wildman–Crippen MR) is 73.5 cm³/mol. The average Bonchev–Trinajstić information content (AvgIpc) is 2.49. The smallest absolute Gasteiger partial charge is 0.130 e. The van der Waals surface area contributed by atoms with Gasteiger partial charge in [-0.05, 0) is 38.3 Å². The van der Waals surface area contributed by atoms with Gasteiger partial charge in [0, 0.05) is 12.6 Å². The molecule has 1 aromatic heterocycles. The molecule has 17 heavy (non-hydrogen) atoms. The Bertz CT molecular complexity index is 358. The Balaban J connectivity index is 2.78. The zero-order chi connectivity index (χ0) is 13.0. The molecule has 0 amide bonds. The molecule has 0 aliphatic heterocycles. The van der Waals surface area contributed by atoms with Crippen molar-refractivity contribution < 1.29 is 0 Å². The first kappa shape index (κ1) is 14.5. The van der Waals surface area contributed by atoms with Gasteiger partial charge in [-0.2, -0.15) is 5.10 Å². The van der Waals surface area contributed by atoms with Crippen LogP contribution in [0.1, 0.15) is 32.0 Å². The summed E-state index contributed by atoms with van der Waals surface area (Å²) in [4.78, 5) is 0. The lowest BCUT2D eigenvalue weighted by atomic mass is 9.89. The molecule has 0 fully saturated rings. The molecule has 0 spiro atoms. The van der Waals surface area contributed by atoms with Crippen LogP contribution in [0.5, 0.6) is 0 Å². The average molecular weight is 258 g/mol. The van der Waals surface area contributed by atoms with E-state index in [2.05, 4.69) is 31.2 Å². The molecule has 1 aromatic rings. The van der Waals surface area contributed by atoms with Crippen LogP contribution in [-0.2, 0) is 13.5 Å². The second-order valence-corrected chi connectivity index (χ2v) is 5.35. The molecule has 1 rings (SSSR count). The van der Waals surface area contributed by atoms with Gasteiger partial charge in [-0.3, -0.25) is 4.68 Å². The van der Waals surface area contributed by atoms with Gasteiger partial charge in [0.15, 0.2) is 0 Å². The first-order valence-corrected chi connectivity index (χ1v) is 6.73. The summed E-state index contributed by atoms with van der Waals surface area (Å²) in [6, 6.07) is 0. The normalized spacial score (nSPS) is 13.4. The summed E-state index contributed by atoms with van der Waals surface area (Å²) in [5, 5.41) is 8.58. The molecule has 0 aliphatic carbocycles. The van der Waals surface area contributed by atoms with Crippen LogP contribution in [0.25, 0.3) is 0 Å². The Hall–Kier alpha value is -0.540. The van der Waals surface area contributed by atoms with Crippen molar-refractivity contribution in [2.75, 3.05) is 13.1 Å². The molecule has 3 nitrogen and oxygen atoms in total. The van der Waals surface area contributed by atoms with Gasteiger partial charge in [-0.25, -0.2) is 0 Å². The van der Waals surface area contributed by atoms with E-state index in [0.29, 0.717) is 11.8 Å². The number of aromatic nitrogens is 2. The van der Waals surface area contributed by atoms with Crippen LogP contribution in [0.15, 0.2) is 0 Å². The van der Waals surface area contributed by atoms with Gasteiger partial charge in [0.1, 0.15) is 5.15 Å². The topological polar surface area (TPSA) is 29.9 Å². The van der Waals surface area contributed by atoms with Crippen LogP contribution in [-0.4, -0.2) is 22.9 Å². The van der Waals surface area contributed by atoms with Gasteiger partial charge >= 0.3 is 0 Å². The summed E-state index contributed by atoms with van der Waals surface area (Å²) in [6.07, 6.45) is 1.00. The predicted octanol–water partition coefficient (Wildman–Crippen LogP) is 2.81. The van der Waals surface area contributed by atoms with Crippen molar-refractivity contribution in [3.63, 3.8) is 0 Å². The molecular weight excluding hydrogens is 234 g/mol. The van der Waals surface area contributed by atoms with E-state index in [-0.39, 0.29) is 0 Å². The van der Waals surface area contributed by atoms with Gasteiger partial charge in [-0.1, -0.05) is 32.4 Å². The van der Waals surface area contributed by atoms with Crippen LogP contribution in [0.4, 0.5) is 0 Å². The van der Waals surface area contributed by atoms with E-state index in [9.17, 15) is 0 Å². The second-order valence-electron chi connectivity index (χ2n) is 4.99. The van der Waals surface area contributed by atoms with Crippen LogP contribution >= 0.6 is 11.6 Å². The molecule has 0 aliphatic rings. The number of halogens is 1. The van der Waals surface area contributed by atoms with E-state index in [4.69, 9.17) is 11.6 Å². The molecule has 0 saturated carbocycles. The Morgan fingerprint density at radius 1 is 1.41 bits per heavy atom. The Kier molecular flexibility index (Phi) is 5.47. The number of nitrogens with one attached hydrogen (secondary N) is 1. The minimum Gasteiger partial charge on any atom is -0.317 e. The summed E-state index contributed by atoms with van der Waals surface area (Å²) < 4.78 is 1.76. The quantitative estimate of drug-likeness (QED) is 0.849. The minimum absolute atomic E-state index is 0.607. The van der Waals surface area contributed by atoms with Crippen molar-refractivity contribution in [1.82, 2.24) is 15.1 Å². The summed E-state index contributed by atoms with van der Waals surface area (Å²) in [7, 11) is 1.90. The maximum Gasteiger partial charge on any atom is 0.130 e. The molecule has 4 heteroatoms. The number of rotatable bonds is 6. The van der Waals surface area contributed by atoms with Gasteiger partial charge < -0.3 is 5.32 Å². The van der Waals surface area contributed by atoms with Gasteiger partial charge in [0.2, 0.25) is 0 Å². The van der Waals surface area contributed by atoms with E-state index in [0.717, 1.165) is 30.4 Å². The molecule has 1 heterocycles. The maximum atomic E-state index is 6.28. The zero-order valence-corrected chi connectivity index (χ0v) is 12.3. The Morgan fingerprint density at radius 3 is 2.47 bits per heavy atom. The van der Waals surface area contributed by atoms with Crippen molar-refractivity contribution in [3.05, 3.63) is 16.4 Å². The first-order valence-electron chi connectivity index (χ1n) is 6.36. The lowest BCUT2D eigenvalue weighted by Gasteiger charge is -2.21. The first-order chi connectivity index (χ1) is 7.97. The molecule has 1 N–H and O–H groups in total. The maximum absolute atomic E-state index is 6.28. The second kappa shape index (κ2) is 6.41. The minimum atomic E-state index is 0.607. The fourth-order valence-corrected chi connectivity index (χ4v) is 2.29. The fraction of sp³-hybridized carbons (Fsp3) is 0.769. The van der Waals surface area contributed by atoms with Crippen molar-refractivity contribution in [1.29, 1.82) is 0 Å². The molecule has 0 aromatic carbocycles. The largest absolute Gasteiger partial charge is 0.317 e. The number of hydrogen-bond donors (Lipinski definition) is 1. The molecule has 98 valence electrons. The van der Waals surface area contributed by atoms with E-state index in [1.165, 1.54) is 5.56 Å². The van der Waals surface area contributed by atoms with E-state index < -0.39 is 0 Å². The molecule has 0 radical (unpaired) electrons. The van der Waals surface area contributed by atoms with Crippen LogP contribution in [0.3, 0.4) is 0 Å². The highest BCUT2D eigenvalue weighted by molar-refractivity contribution is 6.30. The van der Waals surface area contributed by atoms with Crippen molar-refractivity contribution in [2.45, 2.75) is 34.1 Å². The van der Waals surface area contributed by atoms with E-state index in [1.807, 2.05) is 14.0 Å². The molecule has 0 saturated heterocycles. The monoisotopic (exact) mass is 257 g/mol. The third-order valence-electron chi connectivity index (χ3n) is 3.34. The highest BCUT2D eigenvalue weighted by Crippen LogP contribution is 2.25. The third kappa shape index (κ3) is 3.71. The number of hydrogen-bond acceptors (Lipinski definition) is 2. The summed E-state index contributed by atoms with van der Waals surface area (Å²) >= 11 is 6.28. The van der Waals surface area contributed by atoms with E-state index in [1.54, 1.807) is 4.68 Å². The van der Waals surface area contributed by atoms with Gasteiger partial charge in [0.25, 0.3) is 0 Å². The van der Waals surface area contributed by atoms with Crippen molar-refractivity contribution in [3.8, 4) is 0 Å². The Morgan fingerprint density at radius 2 is 2.06 bits per heavy atom. The Labute approximate surface area is 110 Å². The zero-order valence-electron chi connectivity index (χ0n) is 11.5. The number of nitrogens with zero attached hydrogens (tertiary/aromatic N) is 2. The van der Waals surface area contributed by atoms with Crippen LogP contribution in [0, 0.1) is 18.8 Å². The molecule has 1 unspecified atom stereocenters. The number of aryl methyl sites for hydroxylation is 2. The highest BCUT2D eigenvalue weighted by Gasteiger charge is 2.19. The molecule has 1 atom stereocenters. The standard InChI is InChI=1S/C13H24ClN3/c1-6-15-8-11(9(2)3)7-12-10(4)16-17(5)13(12)14/h9,11,15H,6-8H2,1-5H3. The SMILES string of the molecule is CCNCC(Cc1c(C)nn(C)c1Cl)C(C)C. The van der Waals surface area contributed by atoms with Crippen molar-refractivity contribution >= 4 is 11.6 Å². The highest BCUT2D eigenvalue weighted by atomic mass is 35.5. The van der Waals surface area contributed by atoms with Gasteiger partial charge in [0.05, 0.1) is 5.69 Å². The van der Waals surface area contributed by atoms with Crippen molar-refractivity contribution in [2.24, 2.45) is 18.9 Å².